The Hall–Kier alpha value is -2.43. The van der Waals surface area contributed by atoms with Gasteiger partial charge >= 0.3 is 0 Å². The largest absolute Gasteiger partial charge is 0.373 e. The Balaban J connectivity index is 1.33. The highest BCUT2D eigenvalue weighted by Crippen LogP contribution is 2.23. The highest BCUT2D eigenvalue weighted by molar-refractivity contribution is 6.10. The SMILES string of the molecule is C[C@@H](C(=O)c1c[nH]c2ccccc12)N1CCC(OCc2ccccc2)CC1. The van der Waals surface area contributed by atoms with Crippen molar-refractivity contribution < 1.29 is 9.53 Å². The zero-order chi connectivity index (χ0) is 18.6. The molecule has 3 aromatic rings. The second-order valence-electron chi connectivity index (χ2n) is 7.32. The van der Waals surface area contributed by atoms with Gasteiger partial charge in [-0.15, -0.1) is 0 Å². The second kappa shape index (κ2) is 8.07. The first-order chi connectivity index (χ1) is 13.2. The molecule has 4 heteroatoms. The molecule has 4 rings (SSSR count). The van der Waals surface area contributed by atoms with Gasteiger partial charge in [0.05, 0.1) is 18.8 Å². The summed E-state index contributed by atoms with van der Waals surface area (Å²) in [6, 6.07) is 18.2. The fourth-order valence-corrected chi connectivity index (χ4v) is 3.88. The average molecular weight is 362 g/mol. The molecule has 27 heavy (non-hydrogen) atoms. The van der Waals surface area contributed by atoms with Crippen LogP contribution in [0.3, 0.4) is 0 Å². The molecule has 1 aliphatic heterocycles. The van der Waals surface area contributed by atoms with E-state index in [0.717, 1.165) is 42.4 Å². The number of piperidine rings is 1. The molecule has 1 atom stereocenters. The van der Waals surface area contributed by atoms with Crippen LogP contribution in [0.1, 0.15) is 35.7 Å². The highest BCUT2D eigenvalue weighted by Gasteiger charge is 2.28. The fraction of sp³-hybridized carbons (Fsp3) is 0.348. The number of fused-ring (bicyclic) bond motifs is 1. The number of nitrogens with zero attached hydrogens (tertiary/aromatic N) is 1. The summed E-state index contributed by atoms with van der Waals surface area (Å²) in [6.07, 6.45) is 4.06. The van der Waals surface area contributed by atoms with Crippen molar-refractivity contribution in [1.29, 1.82) is 0 Å². The Morgan fingerprint density at radius 1 is 1.11 bits per heavy atom. The Kier molecular flexibility index (Phi) is 5.37. The molecule has 140 valence electrons. The molecule has 1 saturated heterocycles. The van der Waals surface area contributed by atoms with E-state index in [2.05, 4.69) is 22.0 Å². The van der Waals surface area contributed by atoms with Gasteiger partial charge in [-0.1, -0.05) is 48.5 Å². The Bertz CT molecular complexity index is 895. The molecule has 4 nitrogen and oxygen atoms in total. The number of nitrogens with one attached hydrogen (secondary N) is 1. The molecule has 1 aromatic heterocycles. The van der Waals surface area contributed by atoms with E-state index in [-0.39, 0.29) is 17.9 Å². The zero-order valence-electron chi connectivity index (χ0n) is 15.7. The Labute approximate surface area is 160 Å². The number of ether oxygens (including phenoxy) is 1. The lowest BCUT2D eigenvalue weighted by Crippen LogP contribution is -2.45. The molecule has 0 amide bonds. The maximum atomic E-state index is 13.0. The molecule has 1 fully saturated rings. The summed E-state index contributed by atoms with van der Waals surface area (Å²) in [7, 11) is 0. The molecule has 0 unspecified atom stereocenters. The van der Waals surface area contributed by atoms with Gasteiger partial charge in [0.1, 0.15) is 0 Å². The van der Waals surface area contributed by atoms with Crippen molar-refractivity contribution in [3.63, 3.8) is 0 Å². The third-order valence-corrected chi connectivity index (χ3v) is 5.59. The summed E-state index contributed by atoms with van der Waals surface area (Å²) in [4.78, 5) is 18.5. The molecule has 0 aliphatic carbocycles. The van der Waals surface area contributed by atoms with Gasteiger partial charge in [-0.25, -0.2) is 0 Å². The van der Waals surface area contributed by atoms with Crippen LogP contribution >= 0.6 is 0 Å². The monoisotopic (exact) mass is 362 g/mol. The van der Waals surface area contributed by atoms with Crippen LogP contribution in [-0.4, -0.2) is 40.9 Å². The third-order valence-electron chi connectivity index (χ3n) is 5.59. The minimum Gasteiger partial charge on any atom is -0.373 e. The number of H-pyrrole nitrogens is 1. The van der Waals surface area contributed by atoms with E-state index in [1.54, 1.807) is 0 Å². The molecular weight excluding hydrogens is 336 g/mol. The molecule has 0 bridgehead atoms. The van der Waals surface area contributed by atoms with Gasteiger partial charge in [-0.05, 0) is 31.4 Å². The molecule has 0 radical (unpaired) electrons. The minimum absolute atomic E-state index is 0.112. The number of carbonyl (C=O) groups excluding carboxylic acids is 1. The number of benzene rings is 2. The number of hydrogen-bond acceptors (Lipinski definition) is 3. The number of likely N-dealkylation sites (tertiary alicyclic amines) is 1. The number of Topliss-reactive ketones (excluding diaryl/α,β-unsaturated/α-hetero) is 1. The number of aromatic amines is 1. The number of hydrogen-bond donors (Lipinski definition) is 1. The molecule has 2 aromatic carbocycles. The van der Waals surface area contributed by atoms with Gasteiger partial charge in [-0.3, -0.25) is 9.69 Å². The van der Waals surface area contributed by atoms with Crippen LogP contribution < -0.4 is 0 Å². The summed E-state index contributed by atoms with van der Waals surface area (Å²) in [5.74, 6) is 0.191. The van der Waals surface area contributed by atoms with Crippen LogP contribution in [0.2, 0.25) is 0 Å². The lowest BCUT2D eigenvalue weighted by molar-refractivity contribution is -0.00810. The van der Waals surface area contributed by atoms with Crippen LogP contribution in [-0.2, 0) is 11.3 Å². The topological polar surface area (TPSA) is 45.3 Å². The first-order valence-corrected chi connectivity index (χ1v) is 9.72. The number of para-hydroxylation sites is 1. The first-order valence-electron chi connectivity index (χ1n) is 9.72. The smallest absolute Gasteiger partial charge is 0.181 e. The van der Waals surface area contributed by atoms with Gasteiger partial charge in [0.25, 0.3) is 0 Å². The summed E-state index contributed by atoms with van der Waals surface area (Å²) in [6.45, 7) is 4.48. The van der Waals surface area contributed by atoms with E-state index in [4.69, 9.17) is 4.74 Å². The van der Waals surface area contributed by atoms with E-state index >= 15 is 0 Å². The highest BCUT2D eigenvalue weighted by atomic mass is 16.5. The third kappa shape index (κ3) is 3.97. The standard InChI is InChI=1S/C23H26N2O2/c1-17(23(26)21-15-24-22-10-6-5-9-20(21)22)25-13-11-19(12-14-25)27-16-18-7-3-2-4-8-18/h2-10,15,17,19,24H,11-14,16H2,1H3/t17-/m0/s1. The van der Waals surface area contributed by atoms with Gasteiger partial charge in [0, 0.05) is 35.8 Å². The zero-order valence-corrected chi connectivity index (χ0v) is 15.7. The van der Waals surface area contributed by atoms with E-state index < -0.39 is 0 Å². The predicted molar refractivity (Wildman–Crippen MR) is 108 cm³/mol. The van der Waals surface area contributed by atoms with Gasteiger partial charge in [-0.2, -0.15) is 0 Å². The number of aromatic nitrogens is 1. The summed E-state index contributed by atoms with van der Waals surface area (Å²) < 4.78 is 6.07. The first kappa shape index (κ1) is 18.0. The van der Waals surface area contributed by atoms with Crippen molar-refractivity contribution in [3.05, 3.63) is 71.9 Å². The van der Waals surface area contributed by atoms with Crippen LogP contribution in [0.25, 0.3) is 10.9 Å². The van der Waals surface area contributed by atoms with Gasteiger partial charge < -0.3 is 9.72 Å². The van der Waals surface area contributed by atoms with E-state index in [9.17, 15) is 4.79 Å². The van der Waals surface area contributed by atoms with Crippen LogP contribution in [0, 0.1) is 0 Å². The lowest BCUT2D eigenvalue weighted by Gasteiger charge is -2.35. The minimum atomic E-state index is -0.112. The Morgan fingerprint density at radius 3 is 2.59 bits per heavy atom. The van der Waals surface area contributed by atoms with Crippen molar-refractivity contribution in [2.24, 2.45) is 0 Å². The van der Waals surface area contributed by atoms with Gasteiger partial charge in [0.2, 0.25) is 0 Å². The van der Waals surface area contributed by atoms with E-state index in [1.165, 1.54) is 5.56 Å². The van der Waals surface area contributed by atoms with Crippen molar-refractivity contribution in [1.82, 2.24) is 9.88 Å². The molecule has 2 heterocycles. The summed E-state index contributed by atoms with van der Waals surface area (Å²) in [5.41, 5.74) is 3.02. The average Bonchev–Trinajstić information content (AvgIpc) is 3.16. The quantitative estimate of drug-likeness (QED) is 0.660. The fourth-order valence-electron chi connectivity index (χ4n) is 3.88. The van der Waals surface area contributed by atoms with Crippen LogP contribution in [0.5, 0.6) is 0 Å². The number of rotatable bonds is 6. The maximum absolute atomic E-state index is 13.0. The van der Waals surface area contributed by atoms with Crippen molar-refractivity contribution in [2.45, 2.75) is 38.5 Å². The molecule has 1 N–H and O–H groups in total. The van der Waals surface area contributed by atoms with E-state index in [0.29, 0.717) is 6.61 Å². The van der Waals surface area contributed by atoms with Crippen molar-refractivity contribution in [2.75, 3.05) is 13.1 Å². The molecule has 0 spiro atoms. The van der Waals surface area contributed by atoms with Crippen LogP contribution in [0.15, 0.2) is 60.8 Å². The normalized spacial score (nSPS) is 17.2. The second-order valence-corrected chi connectivity index (χ2v) is 7.32. The van der Waals surface area contributed by atoms with Crippen LogP contribution in [0.4, 0.5) is 0 Å². The maximum Gasteiger partial charge on any atom is 0.181 e. The van der Waals surface area contributed by atoms with Crippen molar-refractivity contribution in [3.8, 4) is 0 Å². The number of ketones is 1. The molecule has 1 aliphatic rings. The number of carbonyl (C=O) groups is 1. The van der Waals surface area contributed by atoms with Gasteiger partial charge in [0.15, 0.2) is 5.78 Å². The molecular formula is C23H26N2O2. The molecule has 0 saturated carbocycles. The predicted octanol–water partition coefficient (Wildman–Crippen LogP) is 4.42. The van der Waals surface area contributed by atoms with E-state index in [1.807, 2.05) is 55.6 Å². The van der Waals surface area contributed by atoms with Crippen molar-refractivity contribution >= 4 is 16.7 Å². The summed E-state index contributed by atoms with van der Waals surface area (Å²) in [5, 5.41) is 1.01. The summed E-state index contributed by atoms with van der Waals surface area (Å²) >= 11 is 0. The lowest BCUT2D eigenvalue weighted by atomic mass is 10.00. The Morgan fingerprint density at radius 2 is 1.81 bits per heavy atom.